The van der Waals surface area contributed by atoms with Gasteiger partial charge >= 0.3 is 0 Å². The van der Waals surface area contributed by atoms with Gasteiger partial charge in [-0.15, -0.1) is 0 Å². The Kier molecular flexibility index (Phi) is 2.33. The van der Waals surface area contributed by atoms with Crippen LogP contribution in [0.15, 0.2) is 6.20 Å². The average molecular weight is 195 g/mol. The van der Waals surface area contributed by atoms with Gasteiger partial charge in [0.1, 0.15) is 0 Å². The molecule has 0 saturated carbocycles. The van der Waals surface area contributed by atoms with Crippen LogP contribution in [0.2, 0.25) is 0 Å². The maximum Gasteiger partial charge on any atom is 0.0981 e. The van der Waals surface area contributed by atoms with Gasteiger partial charge in [0.2, 0.25) is 0 Å². The highest BCUT2D eigenvalue weighted by molar-refractivity contribution is 5.19. The van der Waals surface area contributed by atoms with E-state index in [1.807, 2.05) is 17.9 Å². The Balaban J connectivity index is 2.17. The molecule has 0 aromatic carbocycles. The molecule has 1 saturated heterocycles. The van der Waals surface area contributed by atoms with E-state index in [0.29, 0.717) is 0 Å². The van der Waals surface area contributed by atoms with Crippen LogP contribution < -0.4 is 5.32 Å². The van der Waals surface area contributed by atoms with Crippen LogP contribution in [-0.2, 0) is 18.2 Å². The zero-order valence-corrected chi connectivity index (χ0v) is 9.00. The minimum absolute atomic E-state index is 0.00144. The first kappa shape index (κ1) is 9.68. The fraction of sp³-hybridized carbons (Fsp3) is 0.700. The van der Waals surface area contributed by atoms with Crippen LogP contribution in [0.3, 0.4) is 0 Å². The molecule has 1 aromatic rings. The molecule has 2 rings (SSSR count). The predicted molar refractivity (Wildman–Crippen MR) is 54.3 cm³/mol. The Morgan fingerprint density at radius 3 is 2.71 bits per heavy atom. The molecule has 0 bridgehead atoms. The number of nitrogens with one attached hydrogen (secondary N) is 1. The average Bonchev–Trinajstić information content (AvgIpc) is 2.41. The molecular formula is C10H17N3O. The summed E-state index contributed by atoms with van der Waals surface area (Å²) >= 11 is 0. The van der Waals surface area contributed by atoms with Gasteiger partial charge in [-0.3, -0.25) is 4.68 Å². The normalized spacial score (nSPS) is 19.4. The molecule has 1 aliphatic rings. The molecular weight excluding hydrogens is 178 g/mol. The number of rotatable bonds is 3. The Labute approximate surface area is 84.3 Å². The molecule has 1 N–H and O–H groups in total. The molecule has 78 valence electrons. The van der Waals surface area contributed by atoms with Gasteiger partial charge < -0.3 is 10.1 Å². The summed E-state index contributed by atoms with van der Waals surface area (Å²) in [6.07, 6.45) is 2.85. The van der Waals surface area contributed by atoms with E-state index in [0.717, 1.165) is 19.5 Å². The van der Waals surface area contributed by atoms with Crippen LogP contribution in [0, 0.1) is 6.92 Å². The van der Waals surface area contributed by atoms with Gasteiger partial charge in [-0.25, -0.2) is 0 Å². The van der Waals surface area contributed by atoms with Crippen molar-refractivity contribution in [2.75, 3.05) is 20.2 Å². The van der Waals surface area contributed by atoms with Gasteiger partial charge in [0.25, 0.3) is 0 Å². The van der Waals surface area contributed by atoms with E-state index in [-0.39, 0.29) is 5.60 Å². The summed E-state index contributed by atoms with van der Waals surface area (Å²) in [4.78, 5) is 0. The molecule has 0 unspecified atom stereocenters. The van der Waals surface area contributed by atoms with E-state index in [1.54, 1.807) is 7.11 Å². The smallest absolute Gasteiger partial charge is 0.0981 e. The van der Waals surface area contributed by atoms with Crippen molar-refractivity contribution < 1.29 is 4.74 Å². The lowest BCUT2D eigenvalue weighted by molar-refractivity contribution is -0.0515. The molecule has 0 amide bonds. The molecule has 1 fully saturated rings. The summed E-state index contributed by atoms with van der Waals surface area (Å²) in [5.41, 5.74) is 2.52. The van der Waals surface area contributed by atoms with Gasteiger partial charge in [0, 0.05) is 39.4 Å². The van der Waals surface area contributed by atoms with E-state index >= 15 is 0 Å². The van der Waals surface area contributed by atoms with Gasteiger partial charge in [-0.05, 0) is 12.5 Å². The monoisotopic (exact) mass is 195 g/mol. The van der Waals surface area contributed by atoms with E-state index in [1.165, 1.54) is 11.3 Å². The van der Waals surface area contributed by atoms with Crippen molar-refractivity contribution in [1.29, 1.82) is 0 Å². The number of aryl methyl sites for hydroxylation is 2. The summed E-state index contributed by atoms with van der Waals surface area (Å²) < 4.78 is 7.49. The molecule has 0 radical (unpaired) electrons. The second-order valence-corrected chi connectivity index (χ2v) is 4.07. The number of methoxy groups -OCH3 is 1. The Morgan fingerprint density at radius 2 is 2.36 bits per heavy atom. The lowest BCUT2D eigenvalue weighted by Gasteiger charge is -2.41. The number of nitrogens with zero attached hydrogens (tertiary/aromatic N) is 2. The predicted octanol–water partition coefficient (Wildman–Crippen LogP) is 0.259. The standard InChI is InChI=1S/C10H17N3O/c1-8-5-12-13(2)9(8)4-10(14-3)6-11-7-10/h5,11H,4,6-7H2,1-3H3. The number of aromatic nitrogens is 2. The van der Waals surface area contributed by atoms with Crippen molar-refractivity contribution in [1.82, 2.24) is 15.1 Å². The maximum atomic E-state index is 5.55. The van der Waals surface area contributed by atoms with E-state index < -0.39 is 0 Å². The number of hydrogen-bond acceptors (Lipinski definition) is 3. The lowest BCUT2D eigenvalue weighted by atomic mass is 9.90. The summed E-state index contributed by atoms with van der Waals surface area (Å²) in [6.45, 7) is 3.97. The van der Waals surface area contributed by atoms with E-state index in [9.17, 15) is 0 Å². The largest absolute Gasteiger partial charge is 0.375 e. The van der Waals surface area contributed by atoms with Gasteiger partial charge in [-0.1, -0.05) is 0 Å². The Bertz CT molecular complexity index is 303. The number of ether oxygens (including phenoxy) is 1. The van der Waals surface area contributed by atoms with Gasteiger partial charge in [0.15, 0.2) is 0 Å². The van der Waals surface area contributed by atoms with Crippen LogP contribution >= 0.6 is 0 Å². The third kappa shape index (κ3) is 1.44. The molecule has 1 aliphatic heterocycles. The first-order valence-electron chi connectivity index (χ1n) is 4.90. The molecule has 2 heterocycles. The molecule has 4 nitrogen and oxygen atoms in total. The van der Waals surface area contributed by atoms with Gasteiger partial charge in [0.05, 0.1) is 11.8 Å². The Morgan fingerprint density at radius 1 is 1.64 bits per heavy atom. The molecule has 0 spiro atoms. The van der Waals surface area contributed by atoms with Crippen LogP contribution in [-0.4, -0.2) is 35.6 Å². The van der Waals surface area contributed by atoms with Crippen molar-refractivity contribution in [3.05, 3.63) is 17.5 Å². The molecule has 0 atom stereocenters. The lowest BCUT2D eigenvalue weighted by Crippen LogP contribution is -2.62. The highest BCUT2D eigenvalue weighted by Crippen LogP contribution is 2.22. The van der Waals surface area contributed by atoms with E-state index in [4.69, 9.17) is 4.74 Å². The van der Waals surface area contributed by atoms with Crippen molar-refractivity contribution in [2.24, 2.45) is 7.05 Å². The molecule has 4 heteroatoms. The first-order valence-corrected chi connectivity index (χ1v) is 4.90. The third-order valence-corrected chi connectivity index (χ3v) is 3.09. The third-order valence-electron chi connectivity index (χ3n) is 3.09. The summed E-state index contributed by atoms with van der Waals surface area (Å²) in [7, 11) is 3.77. The summed E-state index contributed by atoms with van der Waals surface area (Å²) in [5.74, 6) is 0. The van der Waals surface area contributed by atoms with Crippen molar-refractivity contribution >= 4 is 0 Å². The van der Waals surface area contributed by atoms with Crippen LogP contribution in [0.4, 0.5) is 0 Å². The highest BCUT2D eigenvalue weighted by atomic mass is 16.5. The minimum Gasteiger partial charge on any atom is -0.375 e. The minimum atomic E-state index is -0.00144. The summed E-state index contributed by atoms with van der Waals surface area (Å²) in [6, 6.07) is 0. The van der Waals surface area contributed by atoms with Crippen LogP contribution in [0.25, 0.3) is 0 Å². The topological polar surface area (TPSA) is 39.1 Å². The number of hydrogen-bond donors (Lipinski definition) is 1. The SMILES string of the molecule is COC1(Cc2c(C)cnn2C)CNC1. The summed E-state index contributed by atoms with van der Waals surface area (Å²) in [5, 5.41) is 7.48. The van der Waals surface area contributed by atoms with E-state index in [2.05, 4.69) is 17.3 Å². The second kappa shape index (κ2) is 3.37. The zero-order chi connectivity index (χ0) is 10.2. The van der Waals surface area contributed by atoms with Gasteiger partial charge in [-0.2, -0.15) is 5.10 Å². The van der Waals surface area contributed by atoms with Crippen molar-refractivity contribution in [2.45, 2.75) is 18.9 Å². The Hall–Kier alpha value is -0.870. The van der Waals surface area contributed by atoms with Crippen molar-refractivity contribution in [3.8, 4) is 0 Å². The quantitative estimate of drug-likeness (QED) is 0.752. The van der Waals surface area contributed by atoms with Crippen molar-refractivity contribution in [3.63, 3.8) is 0 Å². The molecule has 0 aliphatic carbocycles. The van der Waals surface area contributed by atoms with Crippen LogP contribution in [0.5, 0.6) is 0 Å². The zero-order valence-electron chi connectivity index (χ0n) is 9.00. The maximum absolute atomic E-state index is 5.55. The highest BCUT2D eigenvalue weighted by Gasteiger charge is 2.38. The molecule has 14 heavy (non-hydrogen) atoms. The fourth-order valence-electron chi connectivity index (χ4n) is 1.88. The molecule has 1 aromatic heterocycles. The fourth-order valence-corrected chi connectivity index (χ4v) is 1.88. The second-order valence-electron chi connectivity index (χ2n) is 4.07. The first-order chi connectivity index (χ1) is 6.67. The van der Waals surface area contributed by atoms with Crippen LogP contribution in [0.1, 0.15) is 11.3 Å².